The molecule has 4 aromatic rings. The molecule has 0 aliphatic carbocycles. The fraction of sp³-hybridized carbons (Fsp3) is 0.257. The second-order valence-electron chi connectivity index (χ2n) is 11.8. The first-order valence-electron chi connectivity index (χ1n) is 14.4. The van der Waals surface area contributed by atoms with Gasteiger partial charge >= 0.3 is 0 Å². The van der Waals surface area contributed by atoms with Gasteiger partial charge in [0.1, 0.15) is 12.6 Å². The van der Waals surface area contributed by atoms with E-state index in [1.807, 2.05) is 82.3 Å². The normalized spacial score (nSPS) is 12.3. The Hall–Kier alpha value is -4.14. The molecule has 0 aliphatic rings. The molecule has 0 bridgehead atoms. The van der Waals surface area contributed by atoms with Gasteiger partial charge < -0.3 is 10.2 Å². The van der Waals surface area contributed by atoms with E-state index in [0.29, 0.717) is 5.02 Å². The molecule has 4 aromatic carbocycles. The lowest BCUT2D eigenvalue weighted by molar-refractivity contribution is -0.140. The van der Waals surface area contributed by atoms with Crippen LogP contribution in [-0.4, -0.2) is 43.3 Å². The molecule has 0 fully saturated rings. The molecule has 1 N–H and O–H groups in total. The fourth-order valence-corrected chi connectivity index (χ4v) is 6.51. The number of carbonyl (C=O) groups is 2. The Morgan fingerprint density at radius 2 is 1.43 bits per heavy atom. The maximum absolute atomic E-state index is 14.5. The van der Waals surface area contributed by atoms with Crippen LogP contribution in [0.1, 0.15) is 37.5 Å². The Labute approximate surface area is 265 Å². The van der Waals surface area contributed by atoms with Crippen molar-refractivity contribution in [1.29, 1.82) is 0 Å². The van der Waals surface area contributed by atoms with Gasteiger partial charge in [-0.25, -0.2) is 8.42 Å². The zero-order valence-corrected chi connectivity index (χ0v) is 27.0. The first-order valence-corrected chi connectivity index (χ1v) is 16.2. The lowest BCUT2D eigenvalue weighted by Crippen LogP contribution is -2.56. The van der Waals surface area contributed by atoms with Gasteiger partial charge in [0, 0.05) is 23.5 Å². The topological polar surface area (TPSA) is 86.8 Å². The van der Waals surface area contributed by atoms with Crippen LogP contribution in [0.25, 0.3) is 0 Å². The fourth-order valence-electron chi connectivity index (χ4n) is 4.89. The van der Waals surface area contributed by atoms with Crippen molar-refractivity contribution in [2.24, 2.45) is 0 Å². The van der Waals surface area contributed by atoms with Crippen molar-refractivity contribution < 1.29 is 18.0 Å². The first-order chi connectivity index (χ1) is 20.8. The van der Waals surface area contributed by atoms with E-state index >= 15 is 0 Å². The van der Waals surface area contributed by atoms with E-state index in [-0.39, 0.29) is 29.5 Å². The van der Waals surface area contributed by atoms with Gasteiger partial charge in [0.05, 0.1) is 10.6 Å². The molecule has 0 saturated carbocycles. The second-order valence-corrected chi connectivity index (χ2v) is 14.1. The van der Waals surface area contributed by atoms with Gasteiger partial charge in [0.25, 0.3) is 10.0 Å². The van der Waals surface area contributed by atoms with Crippen LogP contribution in [0, 0.1) is 6.92 Å². The van der Waals surface area contributed by atoms with Crippen molar-refractivity contribution in [3.05, 3.63) is 131 Å². The summed E-state index contributed by atoms with van der Waals surface area (Å²) < 4.78 is 29.1. The number of aryl methyl sites for hydroxylation is 1. The van der Waals surface area contributed by atoms with E-state index in [1.54, 1.807) is 36.4 Å². The first kappa shape index (κ1) is 32.8. The number of nitrogens with zero attached hydrogens (tertiary/aromatic N) is 2. The van der Waals surface area contributed by atoms with Gasteiger partial charge in [-0.3, -0.25) is 13.9 Å². The Bertz CT molecular complexity index is 1690. The van der Waals surface area contributed by atoms with Crippen LogP contribution in [0.15, 0.2) is 114 Å². The number of hydrogen-bond donors (Lipinski definition) is 1. The molecule has 44 heavy (non-hydrogen) atoms. The predicted octanol–water partition coefficient (Wildman–Crippen LogP) is 6.40. The number of amides is 2. The molecule has 2 amide bonds. The Morgan fingerprint density at radius 3 is 2.05 bits per heavy atom. The predicted molar refractivity (Wildman–Crippen MR) is 176 cm³/mol. The number of sulfonamides is 1. The van der Waals surface area contributed by atoms with Gasteiger partial charge in [-0.15, -0.1) is 0 Å². The van der Waals surface area contributed by atoms with E-state index in [0.717, 1.165) is 21.0 Å². The summed E-state index contributed by atoms with van der Waals surface area (Å²) in [7, 11) is -4.19. The van der Waals surface area contributed by atoms with E-state index in [4.69, 9.17) is 11.6 Å². The van der Waals surface area contributed by atoms with Crippen LogP contribution in [0.2, 0.25) is 5.02 Å². The van der Waals surface area contributed by atoms with Crippen molar-refractivity contribution in [1.82, 2.24) is 10.2 Å². The number of hydrogen-bond acceptors (Lipinski definition) is 4. The Morgan fingerprint density at radius 1 is 0.818 bits per heavy atom. The molecule has 0 saturated heterocycles. The molecule has 4 rings (SSSR count). The molecule has 0 spiro atoms. The molecule has 7 nitrogen and oxygen atoms in total. The molecule has 0 radical (unpaired) electrons. The van der Waals surface area contributed by atoms with Crippen molar-refractivity contribution in [2.45, 2.75) is 57.1 Å². The van der Waals surface area contributed by atoms with Crippen LogP contribution in [0.4, 0.5) is 5.69 Å². The van der Waals surface area contributed by atoms with E-state index in [1.165, 1.54) is 23.1 Å². The van der Waals surface area contributed by atoms with Crippen LogP contribution in [-0.2, 0) is 32.6 Å². The van der Waals surface area contributed by atoms with Crippen molar-refractivity contribution in [3.8, 4) is 0 Å². The number of halogens is 1. The van der Waals surface area contributed by atoms with E-state index in [9.17, 15) is 18.0 Å². The molecule has 230 valence electrons. The van der Waals surface area contributed by atoms with Gasteiger partial charge in [-0.2, -0.15) is 0 Å². The van der Waals surface area contributed by atoms with Gasteiger partial charge in [0.15, 0.2) is 0 Å². The van der Waals surface area contributed by atoms with Crippen LogP contribution in [0.3, 0.4) is 0 Å². The van der Waals surface area contributed by atoms with E-state index < -0.39 is 34.1 Å². The van der Waals surface area contributed by atoms with Gasteiger partial charge in [-0.1, -0.05) is 96.0 Å². The SMILES string of the molecule is Cc1cccc(CN(C(=O)CN(c2cccc(Cl)c2)S(=O)(=O)c2ccccc2)C(Cc2ccccc2)C(=O)NC(C)(C)C)c1. The third-order valence-electron chi connectivity index (χ3n) is 6.91. The number of rotatable bonds is 11. The average molecular weight is 632 g/mol. The highest BCUT2D eigenvalue weighted by atomic mass is 35.5. The van der Waals surface area contributed by atoms with Crippen molar-refractivity contribution >= 4 is 39.1 Å². The number of nitrogens with one attached hydrogen (secondary N) is 1. The summed E-state index contributed by atoms with van der Waals surface area (Å²) in [5, 5.41) is 3.36. The summed E-state index contributed by atoms with van der Waals surface area (Å²) >= 11 is 6.28. The standard InChI is InChI=1S/C35H38ClN3O4S/c1-26-13-11-16-28(21-26)24-38(32(34(41)37-35(2,3)4)22-27-14-7-5-8-15-27)33(40)25-39(30-18-12-17-29(36)23-30)44(42,43)31-19-9-6-10-20-31/h5-21,23,32H,22,24-25H2,1-4H3,(H,37,41). The zero-order valence-electron chi connectivity index (χ0n) is 25.4. The molecule has 0 aromatic heterocycles. The Kier molecular flexibility index (Phi) is 10.5. The number of carbonyl (C=O) groups excluding carboxylic acids is 2. The second kappa shape index (κ2) is 14.1. The summed E-state index contributed by atoms with van der Waals surface area (Å²) in [4.78, 5) is 29.9. The summed E-state index contributed by atoms with van der Waals surface area (Å²) in [5.41, 5.74) is 2.37. The van der Waals surface area contributed by atoms with Crippen LogP contribution in [0.5, 0.6) is 0 Å². The highest BCUT2D eigenvalue weighted by Gasteiger charge is 2.35. The summed E-state index contributed by atoms with van der Waals surface area (Å²) in [6.07, 6.45) is 0.239. The average Bonchev–Trinajstić information content (AvgIpc) is 2.97. The van der Waals surface area contributed by atoms with Crippen molar-refractivity contribution in [2.75, 3.05) is 10.8 Å². The summed E-state index contributed by atoms with van der Waals surface area (Å²) in [6, 6.07) is 30.6. The minimum absolute atomic E-state index is 0.0318. The highest BCUT2D eigenvalue weighted by molar-refractivity contribution is 7.92. The molecular formula is C35H38ClN3O4S. The third-order valence-corrected chi connectivity index (χ3v) is 8.93. The van der Waals surface area contributed by atoms with Gasteiger partial charge in [0.2, 0.25) is 11.8 Å². The maximum Gasteiger partial charge on any atom is 0.264 e. The van der Waals surface area contributed by atoms with Gasteiger partial charge in [-0.05, 0) is 69.2 Å². The lowest BCUT2D eigenvalue weighted by Gasteiger charge is -2.35. The van der Waals surface area contributed by atoms with Crippen LogP contribution >= 0.6 is 11.6 Å². The summed E-state index contributed by atoms with van der Waals surface area (Å²) in [5.74, 6) is -0.862. The maximum atomic E-state index is 14.5. The smallest absolute Gasteiger partial charge is 0.264 e. The number of benzene rings is 4. The minimum atomic E-state index is -4.19. The van der Waals surface area contributed by atoms with E-state index in [2.05, 4.69) is 5.32 Å². The quantitative estimate of drug-likeness (QED) is 0.208. The molecule has 0 aliphatic heterocycles. The zero-order chi connectivity index (χ0) is 31.9. The molecule has 9 heteroatoms. The lowest BCUT2D eigenvalue weighted by atomic mass is 10.0. The number of anilines is 1. The Balaban J connectivity index is 1.82. The molecular weight excluding hydrogens is 594 g/mol. The molecule has 1 unspecified atom stereocenters. The largest absolute Gasteiger partial charge is 0.350 e. The highest BCUT2D eigenvalue weighted by Crippen LogP contribution is 2.27. The third kappa shape index (κ3) is 8.71. The molecule has 0 heterocycles. The van der Waals surface area contributed by atoms with Crippen molar-refractivity contribution in [3.63, 3.8) is 0 Å². The minimum Gasteiger partial charge on any atom is -0.350 e. The molecule has 1 atom stereocenters. The summed E-state index contributed by atoms with van der Waals surface area (Å²) in [6.45, 7) is 7.15. The monoisotopic (exact) mass is 631 g/mol. The van der Waals surface area contributed by atoms with Crippen LogP contribution < -0.4 is 9.62 Å².